The molecule has 0 aromatic heterocycles. The van der Waals surface area contributed by atoms with E-state index in [9.17, 15) is 24.8 Å². The summed E-state index contributed by atoms with van der Waals surface area (Å²) >= 11 is 3.38. The lowest BCUT2D eigenvalue weighted by atomic mass is 9.95. The van der Waals surface area contributed by atoms with E-state index >= 15 is 0 Å². The minimum Gasteiger partial charge on any atom is -0.507 e. The summed E-state index contributed by atoms with van der Waals surface area (Å²) in [7, 11) is 0. The van der Waals surface area contributed by atoms with Gasteiger partial charge in [-0.15, -0.1) is 0 Å². The molecule has 160 valence electrons. The second-order valence-corrected chi connectivity index (χ2v) is 8.18. The van der Waals surface area contributed by atoms with Crippen molar-refractivity contribution in [2.45, 2.75) is 12.6 Å². The van der Waals surface area contributed by atoms with Crippen molar-refractivity contribution in [2.75, 3.05) is 0 Å². The first-order valence-electron chi connectivity index (χ1n) is 9.69. The predicted octanol–water partition coefficient (Wildman–Crippen LogP) is 4.98. The van der Waals surface area contributed by atoms with E-state index in [2.05, 4.69) is 15.9 Å². The minimum atomic E-state index is -0.807. The van der Waals surface area contributed by atoms with E-state index in [1.807, 2.05) is 30.3 Å². The average Bonchev–Trinajstić information content (AvgIpc) is 3.05. The number of nitrogens with zero attached hydrogens (tertiary/aromatic N) is 2. The van der Waals surface area contributed by atoms with Gasteiger partial charge in [-0.1, -0.05) is 58.4 Å². The molecule has 1 aliphatic heterocycles. The number of aliphatic hydroxyl groups excluding tert-OH is 1. The zero-order valence-corrected chi connectivity index (χ0v) is 18.2. The number of rotatable bonds is 5. The van der Waals surface area contributed by atoms with Crippen molar-refractivity contribution >= 4 is 39.1 Å². The summed E-state index contributed by atoms with van der Waals surface area (Å²) in [6.45, 7) is 0.184. The molecule has 32 heavy (non-hydrogen) atoms. The number of Topliss-reactive ketones (excluding diaryl/α,β-unsaturated/α-hetero) is 1. The van der Waals surface area contributed by atoms with Crippen molar-refractivity contribution in [1.29, 1.82) is 0 Å². The molecule has 0 bridgehead atoms. The van der Waals surface area contributed by atoms with E-state index in [1.165, 1.54) is 29.2 Å². The molecular weight excluding hydrogens is 476 g/mol. The summed E-state index contributed by atoms with van der Waals surface area (Å²) < 4.78 is 0.830. The third-order valence-electron chi connectivity index (χ3n) is 5.27. The standard InChI is InChI=1S/C24H17BrN2O5/c25-18-10-6-16(7-11-18)21-20(22(28)17-8-12-19(13-9-17)27(31)32)23(29)24(30)26(21)14-15-4-2-1-3-5-15/h1-13,21,28H,14H2/b22-20-/t21-/m0/s1. The van der Waals surface area contributed by atoms with Crippen molar-refractivity contribution < 1.29 is 19.6 Å². The largest absolute Gasteiger partial charge is 0.507 e. The summed E-state index contributed by atoms with van der Waals surface area (Å²) in [5, 5.41) is 21.9. The summed E-state index contributed by atoms with van der Waals surface area (Å²) in [5.41, 5.74) is 1.52. The molecule has 1 amide bonds. The third kappa shape index (κ3) is 4.04. The lowest BCUT2D eigenvalue weighted by molar-refractivity contribution is -0.384. The van der Waals surface area contributed by atoms with Crippen LogP contribution in [0.4, 0.5) is 5.69 Å². The van der Waals surface area contributed by atoms with Gasteiger partial charge >= 0.3 is 0 Å². The molecule has 1 fully saturated rings. The first-order chi connectivity index (χ1) is 15.4. The Bertz CT molecular complexity index is 1220. The van der Waals surface area contributed by atoms with Crippen molar-refractivity contribution in [1.82, 2.24) is 4.90 Å². The fourth-order valence-electron chi connectivity index (χ4n) is 3.71. The van der Waals surface area contributed by atoms with Gasteiger partial charge < -0.3 is 10.0 Å². The van der Waals surface area contributed by atoms with Gasteiger partial charge in [-0.05, 0) is 35.4 Å². The van der Waals surface area contributed by atoms with Gasteiger partial charge in [0.1, 0.15) is 5.76 Å². The van der Waals surface area contributed by atoms with Crippen molar-refractivity contribution in [3.63, 3.8) is 0 Å². The van der Waals surface area contributed by atoms with Crippen LogP contribution in [0.1, 0.15) is 22.7 Å². The van der Waals surface area contributed by atoms with Crippen LogP contribution in [0.25, 0.3) is 5.76 Å². The average molecular weight is 493 g/mol. The van der Waals surface area contributed by atoms with Gasteiger partial charge in [-0.2, -0.15) is 0 Å². The van der Waals surface area contributed by atoms with E-state index in [-0.39, 0.29) is 29.1 Å². The van der Waals surface area contributed by atoms with Crippen molar-refractivity contribution in [2.24, 2.45) is 0 Å². The molecule has 8 heteroatoms. The quantitative estimate of drug-likeness (QED) is 0.178. The summed E-state index contributed by atoms with van der Waals surface area (Å²) in [5.74, 6) is -1.89. The molecule has 1 heterocycles. The Hall–Kier alpha value is -3.78. The minimum absolute atomic E-state index is 0.0536. The molecule has 1 saturated heterocycles. The van der Waals surface area contributed by atoms with Crippen LogP contribution in [-0.4, -0.2) is 26.6 Å². The number of aliphatic hydroxyl groups is 1. The topological polar surface area (TPSA) is 101 Å². The number of carbonyl (C=O) groups excluding carboxylic acids is 2. The number of hydrogen-bond donors (Lipinski definition) is 1. The fraction of sp³-hybridized carbons (Fsp3) is 0.0833. The molecule has 0 saturated carbocycles. The smallest absolute Gasteiger partial charge is 0.295 e. The molecule has 1 N–H and O–H groups in total. The number of non-ortho nitro benzene ring substituents is 1. The normalized spacial score (nSPS) is 17.5. The number of ketones is 1. The molecule has 0 aliphatic carbocycles. The Balaban J connectivity index is 1.84. The van der Waals surface area contributed by atoms with Crippen LogP contribution in [0.15, 0.2) is 88.9 Å². The van der Waals surface area contributed by atoms with Gasteiger partial charge in [0.2, 0.25) is 0 Å². The number of hydrogen-bond acceptors (Lipinski definition) is 5. The lowest BCUT2D eigenvalue weighted by Crippen LogP contribution is -2.29. The Morgan fingerprint density at radius 3 is 2.19 bits per heavy atom. The Kier molecular flexibility index (Phi) is 5.87. The molecule has 0 spiro atoms. The van der Waals surface area contributed by atoms with Gasteiger partial charge in [0.05, 0.1) is 16.5 Å². The molecule has 0 unspecified atom stereocenters. The number of benzene rings is 3. The predicted molar refractivity (Wildman–Crippen MR) is 122 cm³/mol. The summed E-state index contributed by atoms with van der Waals surface area (Å²) in [6.07, 6.45) is 0. The maximum atomic E-state index is 13.0. The fourth-order valence-corrected chi connectivity index (χ4v) is 3.98. The van der Waals surface area contributed by atoms with Crippen molar-refractivity contribution in [3.05, 3.63) is 116 Å². The Morgan fingerprint density at radius 1 is 0.969 bits per heavy atom. The number of nitro benzene ring substituents is 1. The Morgan fingerprint density at radius 2 is 1.59 bits per heavy atom. The SMILES string of the molecule is O=C1C(=O)N(Cc2ccccc2)[C@@H](c2ccc(Br)cc2)/C1=C(/O)c1ccc([N+](=O)[O-])cc1. The van der Waals surface area contributed by atoms with E-state index in [0.717, 1.165) is 10.0 Å². The van der Waals surface area contributed by atoms with Crippen molar-refractivity contribution in [3.8, 4) is 0 Å². The summed E-state index contributed by atoms with van der Waals surface area (Å²) in [6, 6.07) is 20.8. The molecular formula is C24H17BrN2O5. The number of halogens is 1. The van der Waals surface area contributed by atoms with Gasteiger partial charge in [0.25, 0.3) is 17.4 Å². The molecule has 4 rings (SSSR count). The molecule has 3 aromatic carbocycles. The van der Waals surface area contributed by atoms with Crippen LogP contribution in [0, 0.1) is 10.1 Å². The van der Waals surface area contributed by atoms with E-state index in [1.54, 1.807) is 24.3 Å². The van der Waals surface area contributed by atoms with Crippen LogP contribution in [0.3, 0.4) is 0 Å². The first-order valence-corrected chi connectivity index (χ1v) is 10.5. The van der Waals surface area contributed by atoms with E-state index in [4.69, 9.17) is 0 Å². The molecule has 1 aliphatic rings. The molecule has 0 radical (unpaired) electrons. The van der Waals surface area contributed by atoms with Crippen LogP contribution in [-0.2, 0) is 16.1 Å². The first kappa shape index (κ1) is 21.5. The Labute approximate surface area is 191 Å². The highest BCUT2D eigenvalue weighted by molar-refractivity contribution is 9.10. The molecule has 1 atom stereocenters. The molecule has 7 nitrogen and oxygen atoms in total. The highest BCUT2D eigenvalue weighted by atomic mass is 79.9. The van der Waals surface area contributed by atoms with E-state index < -0.39 is 22.7 Å². The maximum absolute atomic E-state index is 13.0. The number of amides is 1. The number of carbonyl (C=O) groups is 2. The van der Waals surface area contributed by atoms with Gasteiger partial charge in [0, 0.05) is 28.7 Å². The van der Waals surface area contributed by atoms with Crippen LogP contribution in [0.2, 0.25) is 0 Å². The van der Waals surface area contributed by atoms with Gasteiger partial charge in [-0.25, -0.2) is 0 Å². The zero-order valence-electron chi connectivity index (χ0n) is 16.6. The second-order valence-electron chi connectivity index (χ2n) is 7.27. The maximum Gasteiger partial charge on any atom is 0.295 e. The zero-order chi connectivity index (χ0) is 22.8. The highest BCUT2D eigenvalue weighted by Gasteiger charge is 2.46. The third-order valence-corrected chi connectivity index (χ3v) is 5.80. The monoisotopic (exact) mass is 492 g/mol. The lowest BCUT2D eigenvalue weighted by Gasteiger charge is -2.25. The van der Waals surface area contributed by atoms with Crippen LogP contribution < -0.4 is 0 Å². The van der Waals surface area contributed by atoms with E-state index in [0.29, 0.717) is 5.56 Å². The molecule has 3 aromatic rings. The number of nitro groups is 1. The summed E-state index contributed by atoms with van der Waals surface area (Å²) in [4.78, 5) is 37.8. The van der Waals surface area contributed by atoms with Crippen LogP contribution >= 0.6 is 15.9 Å². The number of likely N-dealkylation sites (tertiary alicyclic amines) is 1. The van der Waals surface area contributed by atoms with Gasteiger partial charge in [0.15, 0.2) is 0 Å². The van der Waals surface area contributed by atoms with Crippen LogP contribution in [0.5, 0.6) is 0 Å². The van der Waals surface area contributed by atoms with Gasteiger partial charge in [-0.3, -0.25) is 19.7 Å². The second kappa shape index (κ2) is 8.76. The highest BCUT2D eigenvalue weighted by Crippen LogP contribution is 2.40.